The zero-order chi connectivity index (χ0) is 14.8. The van der Waals surface area contributed by atoms with E-state index in [4.69, 9.17) is 5.73 Å². The lowest BCUT2D eigenvalue weighted by Gasteiger charge is -2.28. The van der Waals surface area contributed by atoms with Crippen molar-refractivity contribution >= 4 is 43.4 Å². The minimum atomic E-state index is -3.50. The first kappa shape index (κ1) is 16.1. The third kappa shape index (κ3) is 3.90. The van der Waals surface area contributed by atoms with Crippen molar-refractivity contribution < 1.29 is 8.42 Å². The number of anilines is 1. The van der Waals surface area contributed by atoms with E-state index in [-0.39, 0.29) is 10.9 Å². The molecule has 0 aliphatic heterocycles. The van der Waals surface area contributed by atoms with Crippen LogP contribution in [0.4, 0.5) is 5.69 Å². The number of rotatable bonds is 4. The molecule has 0 heterocycles. The fourth-order valence-electron chi connectivity index (χ4n) is 2.48. The summed E-state index contributed by atoms with van der Waals surface area (Å²) in [5.41, 5.74) is 6.18. The van der Waals surface area contributed by atoms with E-state index in [2.05, 4.69) is 26.9 Å². The van der Waals surface area contributed by atoms with Crippen molar-refractivity contribution in [3.8, 4) is 0 Å². The van der Waals surface area contributed by atoms with Crippen molar-refractivity contribution in [2.75, 3.05) is 12.0 Å². The molecule has 2 atom stereocenters. The molecule has 1 aromatic carbocycles. The zero-order valence-electron chi connectivity index (χ0n) is 11.3. The summed E-state index contributed by atoms with van der Waals surface area (Å²) in [6.07, 6.45) is 6.13. The number of hydrogen-bond acceptors (Lipinski definition) is 4. The number of benzene rings is 1. The van der Waals surface area contributed by atoms with Gasteiger partial charge in [-0.3, -0.25) is 0 Å². The number of sulfonamides is 1. The van der Waals surface area contributed by atoms with Crippen molar-refractivity contribution in [2.45, 2.75) is 41.9 Å². The van der Waals surface area contributed by atoms with Gasteiger partial charge in [0.05, 0.1) is 4.90 Å². The molecule has 112 valence electrons. The van der Waals surface area contributed by atoms with Gasteiger partial charge in [-0.05, 0) is 59.6 Å². The Hall–Kier alpha value is -0.240. The van der Waals surface area contributed by atoms with Gasteiger partial charge in [-0.25, -0.2) is 13.1 Å². The third-order valence-electron chi connectivity index (χ3n) is 3.53. The van der Waals surface area contributed by atoms with Crippen molar-refractivity contribution in [2.24, 2.45) is 0 Å². The maximum absolute atomic E-state index is 12.4. The molecule has 1 aliphatic rings. The standard InChI is InChI=1S/C13H19BrN2O2S2/c1-19-11-4-2-3-10(8-11)16-20(17,18)13-6-5-9(15)7-12(13)14/h5-7,10-11,16H,2-4,8,15H2,1H3. The molecule has 1 fully saturated rings. The van der Waals surface area contributed by atoms with E-state index in [1.54, 1.807) is 12.1 Å². The van der Waals surface area contributed by atoms with Crippen molar-refractivity contribution in [3.63, 3.8) is 0 Å². The third-order valence-corrected chi connectivity index (χ3v) is 7.12. The Labute approximate surface area is 133 Å². The number of thioether (sulfide) groups is 1. The van der Waals surface area contributed by atoms with Crippen LogP contribution >= 0.6 is 27.7 Å². The van der Waals surface area contributed by atoms with Gasteiger partial charge in [-0.15, -0.1) is 0 Å². The average molecular weight is 379 g/mol. The van der Waals surface area contributed by atoms with Crippen molar-refractivity contribution in [1.82, 2.24) is 4.72 Å². The summed E-state index contributed by atoms with van der Waals surface area (Å²) in [5.74, 6) is 0. The van der Waals surface area contributed by atoms with E-state index in [0.29, 0.717) is 15.4 Å². The molecule has 0 aromatic heterocycles. The first-order valence-corrected chi connectivity index (χ1v) is 10.1. The molecule has 0 radical (unpaired) electrons. The van der Waals surface area contributed by atoms with Crippen LogP contribution in [-0.2, 0) is 10.0 Å². The highest BCUT2D eigenvalue weighted by atomic mass is 79.9. The largest absolute Gasteiger partial charge is 0.399 e. The molecule has 0 saturated heterocycles. The smallest absolute Gasteiger partial charge is 0.241 e. The first-order valence-electron chi connectivity index (χ1n) is 6.52. The number of nitrogen functional groups attached to an aromatic ring is 1. The zero-order valence-corrected chi connectivity index (χ0v) is 14.5. The fraction of sp³-hybridized carbons (Fsp3) is 0.538. The topological polar surface area (TPSA) is 72.2 Å². The molecule has 0 spiro atoms. The molecule has 20 heavy (non-hydrogen) atoms. The molecule has 1 saturated carbocycles. The summed E-state index contributed by atoms with van der Waals surface area (Å²) in [4.78, 5) is 0.248. The number of nitrogens with one attached hydrogen (secondary N) is 1. The second kappa shape index (κ2) is 6.68. The summed E-state index contributed by atoms with van der Waals surface area (Å²) in [6.45, 7) is 0. The van der Waals surface area contributed by atoms with Crippen LogP contribution in [-0.4, -0.2) is 26.0 Å². The monoisotopic (exact) mass is 378 g/mol. The fourth-order valence-corrected chi connectivity index (χ4v) is 5.69. The lowest BCUT2D eigenvalue weighted by Crippen LogP contribution is -2.39. The molecule has 4 nitrogen and oxygen atoms in total. The quantitative estimate of drug-likeness (QED) is 0.789. The van der Waals surface area contributed by atoms with Crippen LogP contribution in [0.3, 0.4) is 0 Å². The summed E-state index contributed by atoms with van der Waals surface area (Å²) < 4.78 is 28.2. The summed E-state index contributed by atoms with van der Waals surface area (Å²) in [6, 6.07) is 4.78. The van der Waals surface area contributed by atoms with Gasteiger partial charge >= 0.3 is 0 Å². The maximum Gasteiger partial charge on any atom is 0.241 e. The molecule has 1 aromatic rings. The van der Waals surface area contributed by atoms with Crippen LogP contribution in [0.25, 0.3) is 0 Å². The van der Waals surface area contributed by atoms with Crippen LogP contribution in [0, 0.1) is 0 Å². The van der Waals surface area contributed by atoms with E-state index in [9.17, 15) is 8.42 Å². The number of nitrogens with two attached hydrogens (primary N) is 1. The summed E-state index contributed by atoms with van der Waals surface area (Å²) >= 11 is 5.09. The van der Waals surface area contributed by atoms with Gasteiger partial charge in [0.15, 0.2) is 0 Å². The minimum Gasteiger partial charge on any atom is -0.399 e. The second-order valence-corrected chi connectivity index (χ2v) is 8.71. The van der Waals surface area contributed by atoms with Crippen LogP contribution in [0.2, 0.25) is 0 Å². The Morgan fingerprint density at radius 3 is 2.80 bits per heavy atom. The molecule has 2 rings (SSSR count). The second-order valence-electron chi connectivity index (χ2n) is 5.03. The molecule has 0 amide bonds. The van der Waals surface area contributed by atoms with E-state index >= 15 is 0 Å². The molecule has 7 heteroatoms. The maximum atomic E-state index is 12.4. The van der Waals surface area contributed by atoms with Gasteiger partial charge in [0, 0.05) is 21.5 Å². The highest BCUT2D eigenvalue weighted by Gasteiger charge is 2.27. The van der Waals surface area contributed by atoms with Gasteiger partial charge in [0.1, 0.15) is 0 Å². The molecular weight excluding hydrogens is 360 g/mol. The normalized spacial score (nSPS) is 23.7. The van der Waals surface area contributed by atoms with E-state index in [0.717, 1.165) is 19.3 Å². The van der Waals surface area contributed by atoms with E-state index in [1.165, 1.54) is 12.5 Å². The Morgan fingerprint density at radius 1 is 1.40 bits per heavy atom. The Kier molecular flexibility index (Phi) is 5.39. The van der Waals surface area contributed by atoms with Crippen LogP contribution in [0.1, 0.15) is 25.7 Å². The molecular formula is C13H19BrN2O2S2. The van der Waals surface area contributed by atoms with Crippen molar-refractivity contribution in [3.05, 3.63) is 22.7 Å². The van der Waals surface area contributed by atoms with Crippen LogP contribution in [0.5, 0.6) is 0 Å². The SMILES string of the molecule is CSC1CCCC(NS(=O)(=O)c2ccc(N)cc2Br)C1. The molecule has 3 N–H and O–H groups in total. The Morgan fingerprint density at radius 2 is 2.15 bits per heavy atom. The van der Waals surface area contributed by atoms with Crippen LogP contribution < -0.4 is 10.5 Å². The summed E-state index contributed by atoms with van der Waals surface area (Å²) in [5, 5.41) is 0.548. The van der Waals surface area contributed by atoms with Gasteiger partial charge < -0.3 is 5.73 Å². The molecule has 0 bridgehead atoms. The Balaban J connectivity index is 2.14. The highest BCUT2D eigenvalue weighted by Crippen LogP contribution is 2.29. The van der Waals surface area contributed by atoms with Crippen molar-refractivity contribution in [1.29, 1.82) is 0 Å². The first-order chi connectivity index (χ1) is 9.42. The molecule has 2 unspecified atom stereocenters. The van der Waals surface area contributed by atoms with Gasteiger partial charge in [-0.1, -0.05) is 6.42 Å². The lowest BCUT2D eigenvalue weighted by atomic mass is 9.96. The molecule has 1 aliphatic carbocycles. The summed E-state index contributed by atoms with van der Waals surface area (Å²) in [7, 11) is -3.50. The predicted octanol–water partition coefficient (Wildman–Crippen LogP) is 2.98. The van der Waals surface area contributed by atoms with Gasteiger partial charge in [0.2, 0.25) is 10.0 Å². The average Bonchev–Trinajstić information content (AvgIpc) is 2.37. The van der Waals surface area contributed by atoms with Crippen LogP contribution in [0.15, 0.2) is 27.6 Å². The number of hydrogen-bond donors (Lipinski definition) is 2. The lowest BCUT2D eigenvalue weighted by molar-refractivity contribution is 0.420. The highest BCUT2D eigenvalue weighted by molar-refractivity contribution is 9.10. The minimum absolute atomic E-state index is 0.0238. The predicted molar refractivity (Wildman–Crippen MR) is 88.4 cm³/mol. The van der Waals surface area contributed by atoms with Gasteiger partial charge in [0.25, 0.3) is 0 Å². The van der Waals surface area contributed by atoms with Gasteiger partial charge in [-0.2, -0.15) is 11.8 Å². The number of halogens is 1. The van der Waals surface area contributed by atoms with E-state index in [1.807, 2.05) is 11.8 Å². The van der Waals surface area contributed by atoms with E-state index < -0.39 is 10.0 Å². The Bertz CT molecular complexity index is 578.